The van der Waals surface area contributed by atoms with E-state index in [1.165, 1.54) is 32.8 Å². The summed E-state index contributed by atoms with van der Waals surface area (Å²) in [5.74, 6) is 2.38. The second-order valence-electron chi connectivity index (χ2n) is 13.2. The molecule has 6 unspecified atom stereocenters. The van der Waals surface area contributed by atoms with Gasteiger partial charge in [0, 0.05) is 13.0 Å². The Morgan fingerprint density at radius 3 is 2.40 bits per heavy atom. The van der Waals surface area contributed by atoms with Gasteiger partial charge < -0.3 is 20.3 Å². The summed E-state index contributed by atoms with van der Waals surface area (Å²) in [7, 11) is 1.37. The van der Waals surface area contributed by atoms with Crippen LogP contribution in [-0.4, -0.2) is 48.0 Å². The van der Waals surface area contributed by atoms with Gasteiger partial charge in [0.2, 0.25) is 5.91 Å². The fourth-order valence-electron chi connectivity index (χ4n) is 9.38. The molecule has 6 heteroatoms. The molecule has 35 heavy (non-hydrogen) atoms. The summed E-state index contributed by atoms with van der Waals surface area (Å²) in [6.45, 7) is 9.34. The lowest BCUT2D eigenvalue weighted by Gasteiger charge is -2.62. The zero-order chi connectivity index (χ0) is 25.5. The van der Waals surface area contributed by atoms with Gasteiger partial charge in [0.1, 0.15) is 0 Å². The van der Waals surface area contributed by atoms with Crippen molar-refractivity contribution in [3.05, 3.63) is 0 Å². The van der Waals surface area contributed by atoms with Crippen LogP contribution in [0.15, 0.2) is 0 Å². The van der Waals surface area contributed by atoms with E-state index in [1.54, 1.807) is 6.92 Å². The van der Waals surface area contributed by atoms with Gasteiger partial charge in [-0.3, -0.25) is 9.59 Å². The molecule has 0 heterocycles. The van der Waals surface area contributed by atoms with Crippen molar-refractivity contribution in [3.63, 3.8) is 0 Å². The van der Waals surface area contributed by atoms with E-state index in [4.69, 9.17) is 4.74 Å². The first-order valence-corrected chi connectivity index (χ1v) is 14.2. The van der Waals surface area contributed by atoms with Crippen LogP contribution in [0.4, 0.5) is 0 Å². The SMILES string of the molecule is COC(=O)C(C)CNC(=O)CCC(C)C1CCC2C3C(CC[C@]12C)[C@@]1(C)CC[C@@H](O)C[C@H]1C[C@@H]3O. The number of fused-ring (bicyclic) bond motifs is 5. The molecule has 3 N–H and O–H groups in total. The highest BCUT2D eigenvalue weighted by Crippen LogP contribution is 2.68. The number of methoxy groups -OCH3 is 1. The minimum absolute atomic E-state index is 0.0113. The molecule has 0 aromatic carbocycles. The number of nitrogens with one attached hydrogen (secondary N) is 1. The lowest BCUT2D eigenvalue weighted by molar-refractivity contribution is -0.174. The van der Waals surface area contributed by atoms with Crippen molar-refractivity contribution >= 4 is 11.9 Å². The Labute approximate surface area is 212 Å². The van der Waals surface area contributed by atoms with Crippen molar-refractivity contribution in [3.8, 4) is 0 Å². The van der Waals surface area contributed by atoms with E-state index in [-0.39, 0.29) is 40.8 Å². The van der Waals surface area contributed by atoms with Gasteiger partial charge in [0.05, 0.1) is 25.2 Å². The summed E-state index contributed by atoms with van der Waals surface area (Å²) in [5.41, 5.74) is 0.488. The molecule has 6 nitrogen and oxygen atoms in total. The van der Waals surface area contributed by atoms with Crippen LogP contribution in [0.2, 0.25) is 0 Å². The second-order valence-corrected chi connectivity index (χ2v) is 13.2. The smallest absolute Gasteiger partial charge is 0.310 e. The van der Waals surface area contributed by atoms with Gasteiger partial charge in [-0.15, -0.1) is 0 Å². The summed E-state index contributed by atoms with van der Waals surface area (Å²) < 4.78 is 4.74. The molecule has 0 radical (unpaired) electrons. The molecule has 1 amide bonds. The van der Waals surface area contributed by atoms with Gasteiger partial charge in [0.25, 0.3) is 0 Å². The lowest BCUT2D eigenvalue weighted by atomic mass is 9.43. The quantitative estimate of drug-likeness (QED) is 0.461. The number of aliphatic hydroxyl groups excluding tert-OH is 2. The van der Waals surface area contributed by atoms with Crippen molar-refractivity contribution in [1.29, 1.82) is 0 Å². The fourth-order valence-corrected chi connectivity index (χ4v) is 9.38. The Morgan fingerprint density at radius 1 is 1.00 bits per heavy atom. The minimum Gasteiger partial charge on any atom is -0.469 e. The lowest BCUT2D eigenvalue weighted by Crippen LogP contribution is -2.58. The number of hydrogen-bond donors (Lipinski definition) is 3. The van der Waals surface area contributed by atoms with Gasteiger partial charge >= 0.3 is 5.97 Å². The molecule has 0 spiro atoms. The number of rotatable bonds is 7. The van der Waals surface area contributed by atoms with E-state index in [1.807, 2.05) is 0 Å². The topological polar surface area (TPSA) is 95.9 Å². The van der Waals surface area contributed by atoms with E-state index >= 15 is 0 Å². The molecule has 200 valence electrons. The van der Waals surface area contributed by atoms with Gasteiger partial charge in [-0.25, -0.2) is 0 Å². The predicted octanol–water partition coefficient (Wildman–Crippen LogP) is 4.32. The molecule has 0 saturated heterocycles. The van der Waals surface area contributed by atoms with Gasteiger partial charge in [-0.05, 0) is 104 Å². The molecular weight excluding hydrogens is 442 g/mol. The van der Waals surface area contributed by atoms with E-state index < -0.39 is 0 Å². The van der Waals surface area contributed by atoms with Crippen LogP contribution in [0.25, 0.3) is 0 Å². The monoisotopic (exact) mass is 491 g/mol. The molecule has 0 aromatic rings. The molecule has 4 fully saturated rings. The third-order valence-electron chi connectivity index (χ3n) is 11.5. The number of esters is 1. The first kappa shape index (κ1) is 26.9. The Kier molecular flexibility index (Phi) is 7.93. The first-order chi connectivity index (χ1) is 16.5. The normalized spacial score (nSPS) is 44.4. The Bertz CT molecular complexity index is 787. The number of carbonyl (C=O) groups excluding carboxylic acids is 2. The molecule has 0 aliphatic heterocycles. The highest BCUT2D eigenvalue weighted by molar-refractivity contribution is 5.77. The summed E-state index contributed by atoms with van der Waals surface area (Å²) in [6, 6.07) is 0. The number of ether oxygens (including phenoxy) is 1. The molecule has 4 aliphatic rings. The predicted molar refractivity (Wildman–Crippen MR) is 135 cm³/mol. The standard InChI is InChI=1S/C29H49NO5/c1-17(6-9-25(33)30-16-18(2)27(34)35-5)21-7-8-22-26-23(11-13-29(21,22)4)28(3)12-10-20(31)14-19(28)15-24(26)32/h17-24,26,31-32H,6-16H2,1-5H3,(H,30,33)/t17?,18?,19-,20+,21?,22?,23?,24-,26?,28-,29+/m0/s1. The van der Waals surface area contributed by atoms with Crippen LogP contribution in [0, 0.1) is 52.3 Å². The number of hydrogen-bond acceptors (Lipinski definition) is 5. The maximum Gasteiger partial charge on any atom is 0.310 e. The molecule has 0 aromatic heterocycles. The second kappa shape index (κ2) is 10.3. The van der Waals surface area contributed by atoms with Crippen molar-refractivity contribution in [2.45, 2.75) is 104 Å². The maximum absolute atomic E-state index is 12.4. The Balaban J connectivity index is 1.37. The third-order valence-corrected chi connectivity index (χ3v) is 11.5. The molecule has 4 aliphatic carbocycles. The third kappa shape index (κ3) is 4.91. The number of aliphatic hydroxyl groups is 2. The number of amides is 1. The van der Waals surface area contributed by atoms with Crippen LogP contribution < -0.4 is 5.32 Å². The Morgan fingerprint density at radius 2 is 1.69 bits per heavy atom. The maximum atomic E-state index is 12.4. The van der Waals surface area contributed by atoms with Crippen LogP contribution in [-0.2, 0) is 14.3 Å². The van der Waals surface area contributed by atoms with Gasteiger partial charge in [-0.2, -0.15) is 0 Å². The fraction of sp³-hybridized carbons (Fsp3) is 0.931. The highest BCUT2D eigenvalue weighted by Gasteiger charge is 2.62. The molecule has 0 bridgehead atoms. The molecule has 4 rings (SSSR count). The van der Waals surface area contributed by atoms with E-state index in [0.29, 0.717) is 48.5 Å². The van der Waals surface area contributed by atoms with Crippen molar-refractivity contribution < 1.29 is 24.5 Å². The van der Waals surface area contributed by atoms with Crippen molar-refractivity contribution in [2.75, 3.05) is 13.7 Å². The van der Waals surface area contributed by atoms with Crippen LogP contribution in [0.1, 0.15) is 91.9 Å². The van der Waals surface area contributed by atoms with E-state index in [2.05, 4.69) is 26.1 Å². The highest BCUT2D eigenvalue weighted by atomic mass is 16.5. The zero-order valence-corrected chi connectivity index (χ0v) is 22.6. The van der Waals surface area contributed by atoms with Crippen LogP contribution in [0.3, 0.4) is 0 Å². The summed E-state index contributed by atoms with van der Waals surface area (Å²) in [5, 5.41) is 24.6. The van der Waals surface area contributed by atoms with Gasteiger partial charge in [0.15, 0.2) is 0 Å². The van der Waals surface area contributed by atoms with Crippen LogP contribution >= 0.6 is 0 Å². The summed E-state index contributed by atoms with van der Waals surface area (Å²) in [4.78, 5) is 24.0. The first-order valence-electron chi connectivity index (χ1n) is 14.2. The molecular formula is C29H49NO5. The van der Waals surface area contributed by atoms with Crippen molar-refractivity contribution in [1.82, 2.24) is 5.32 Å². The zero-order valence-electron chi connectivity index (χ0n) is 22.6. The van der Waals surface area contributed by atoms with E-state index in [9.17, 15) is 19.8 Å². The summed E-state index contributed by atoms with van der Waals surface area (Å²) in [6.07, 6.45) is 9.42. The van der Waals surface area contributed by atoms with Gasteiger partial charge in [-0.1, -0.05) is 27.7 Å². The average molecular weight is 492 g/mol. The Hall–Kier alpha value is -1.14. The number of carbonyl (C=O) groups is 2. The average Bonchev–Trinajstić information content (AvgIpc) is 3.18. The summed E-state index contributed by atoms with van der Waals surface area (Å²) >= 11 is 0. The largest absolute Gasteiger partial charge is 0.469 e. The molecule has 4 saturated carbocycles. The molecule has 11 atom stereocenters. The van der Waals surface area contributed by atoms with E-state index in [0.717, 1.165) is 32.1 Å². The van der Waals surface area contributed by atoms with Crippen LogP contribution in [0.5, 0.6) is 0 Å². The van der Waals surface area contributed by atoms with Crippen molar-refractivity contribution in [2.24, 2.45) is 52.3 Å². The minimum atomic E-state index is -0.332.